The summed E-state index contributed by atoms with van der Waals surface area (Å²) in [6.07, 6.45) is 0.333. The second-order valence-electron chi connectivity index (χ2n) is 6.80. The first-order valence-corrected chi connectivity index (χ1v) is 9.22. The highest BCUT2D eigenvalue weighted by Gasteiger charge is 2.24. The van der Waals surface area contributed by atoms with Crippen LogP contribution in [-0.2, 0) is 11.2 Å². The van der Waals surface area contributed by atoms with Crippen LogP contribution in [0.5, 0.6) is 5.75 Å². The number of rotatable bonds is 5. The van der Waals surface area contributed by atoms with Crippen molar-refractivity contribution in [3.05, 3.63) is 59.2 Å². The zero-order valence-electron chi connectivity index (χ0n) is 16.1. The highest BCUT2D eigenvalue weighted by Crippen LogP contribution is 2.24. The molecule has 3 rings (SSSR count). The second kappa shape index (κ2) is 8.57. The summed E-state index contributed by atoms with van der Waals surface area (Å²) in [5.41, 5.74) is 2.82. The normalized spacial score (nSPS) is 13.8. The molecule has 1 aliphatic rings. The molecule has 2 aromatic carbocycles. The highest BCUT2D eigenvalue weighted by molar-refractivity contribution is 6.00. The SMILES string of the molecule is COc1cccc(CC(=O)N2CCN(c3cc(C#N)ccc3C(C)=O)CC2)c1. The van der Waals surface area contributed by atoms with Crippen molar-refractivity contribution in [3.63, 3.8) is 0 Å². The van der Waals surface area contributed by atoms with E-state index in [-0.39, 0.29) is 11.7 Å². The van der Waals surface area contributed by atoms with Crippen molar-refractivity contribution in [2.75, 3.05) is 38.2 Å². The summed E-state index contributed by atoms with van der Waals surface area (Å²) in [5, 5.41) is 9.17. The molecule has 0 unspecified atom stereocenters. The molecule has 1 saturated heterocycles. The standard InChI is InChI=1S/C22H23N3O3/c1-16(26)20-7-6-18(15-23)13-21(20)24-8-10-25(11-9-24)22(27)14-17-4-3-5-19(12-17)28-2/h3-7,12-13H,8-11,14H2,1-2H3. The largest absolute Gasteiger partial charge is 0.497 e. The molecule has 1 aliphatic heterocycles. The molecule has 6 heteroatoms. The number of ketones is 1. The maximum atomic E-state index is 12.7. The number of hydrogen-bond donors (Lipinski definition) is 0. The molecule has 0 spiro atoms. The lowest BCUT2D eigenvalue weighted by Gasteiger charge is -2.37. The fraction of sp³-hybridized carbons (Fsp3) is 0.318. The molecule has 1 heterocycles. The van der Waals surface area contributed by atoms with Gasteiger partial charge >= 0.3 is 0 Å². The monoisotopic (exact) mass is 377 g/mol. The number of benzene rings is 2. The van der Waals surface area contributed by atoms with Crippen LogP contribution in [-0.4, -0.2) is 49.9 Å². The van der Waals surface area contributed by atoms with Crippen LogP contribution in [0.25, 0.3) is 0 Å². The van der Waals surface area contributed by atoms with E-state index >= 15 is 0 Å². The van der Waals surface area contributed by atoms with Gasteiger partial charge in [-0.1, -0.05) is 12.1 Å². The second-order valence-corrected chi connectivity index (χ2v) is 6.80. The number of nitriles is 1. The maximum Gasteiger partial charge on any atom is 0.227 e. The molecule has 0 saturated carbocycles. The van der Waals surface area contributed by atoms with Crippen LogP contribution in [0, 0.1) is 11.3 Å². The maximum absolute atomic E-state index is 12.7. The number of piperazine rings is 1. The molecule has 1 fully saturated rings. The summed E-state index contributed by atoms with van der Waals surface area (Å²) in [7, 11) is 1.61. The number of amides is 1. The number of nitrogens with zero attached hydrogens (tertiary/aromatic N) is 3. The van der Waals surface area contributed by atoms with Crippen LogP contribution in [0.15, 0.2) is 42.5 Å². The first-order chi connectivity index (χ1) is 13.5. The Morgan fingerprint density at radius 2 is 1.86 bits per heavy atom. The van der Waals surface area contributed by atoms with Crippen molar-refractivity contribution >= 4 is 17.4 Å². The van der Waals surface area contributed by atoms with Gasteiger partial charge in [0, 0.05) is 37.4 Å². The van der Waals surface area contributed by atoms with E-state index in [0.717, 1.165) is 17.0 Å². The van der Waals surface area contributed by atoms with Gasteiger partial charge in [-0.2, -0.15) is 5.26 Å². The van der Waals surface area contributed by atoms with Crippen molar-refractivity contribution in [1.29, 1.82) is 5.26 Å². The van der Waals surface area contributed by atoms with Gasteiger partial charge in [0.2, 0.25) is 5.91 Å². The van der Waals surface area contributed by atoms with Gasteiger partial charge < -0.3 is 14.5 Å². The van der Waals surface area contributed by atoms with Crippen LogP contribution in [0.3, 0.4) is 0 Å². The molecule has 6 nitrogen and oxygen atoms in total. The summed E-state index contributed by atoms with van der Waals surface area (Å²) in [6.45, 7) is 3.94. The molecule has 0 atom stereocenters. The Morgan fingerprint density at radius 3 is 2.50 bits per heavy atom. The van der Waals surface area contributed by atoms with Crippen LogP contribution >= 0.6 is 0 Å². The average Bonchev–Trinajstić information content (AvgIpc) is 2.73. The molecule has 0 aromatic heterocycles. The van der Waals surface area contributed by atoms with Gasteiger partial charge in [-0.05, 0) is 42.8 Å². The Morgan fingerprint density at radius 1 is 1.11 bits per heavy atom. The zero-order valence-corrected chi connectivity index (χ0v) is 16.1. The molecule has 0 N–H and O–H groups in total. The minimum Gasteiger partial charge on any atom is -0.497 e. The molecule has 144 valence electrons. The van der Waals surface area contributed by atoms with E-state index in [1.54, 1.807) is 25.3 Å². The van der Waals surface area contributed by atoms with Crippen molar-refractivity contribution in [2.45, 2.75) is 13.3 Å². The summed E-state index contributed by atoms with van der Waals surface area (Å²) in [6, 6.07) is 14.8. The number of ether oxygens (including phenoxy) is 1. The number of carbonyl (C=O) groups is 2. The van der Waals surface area contributed by atoms with Crippen molar-refractivity contribution in [2.24, 2.45) is 0 Å². The molecular weight excluding hydrogens is 354 g/mol. The minimum absolute atomic E-state index is 0.0315. The number of hydrogen-bond acceptors (Lipinski definition) is 5. The van der Waals surface area contributed by atoms with Crippen LogP contribution in [0.1, 0.15) is 28.4 Å². The number of Topliss-reactive ketones (excluding diaryl/α,β-unsaturated/α-hetero) is 1. The summed E-state index contributed by atoms with van der Waals surface area (Å²) < 4.78 is 5.21. The Balaban J connectivity index is 1.67. The Kier molecular flexibility index (Phi) is 5.95. The van der Waals surface area contributed by atoms with Gasteiger partial charge in [0.25, 0.3) is 0 Å². The number of methoxy groups -OCH3 is 1. The van der Waals surface area contributed by atoms with Crippen molar-refractivity contribution in [3.8, 4) is 11.8 Å². The quantitative estimate of drug-likeness (QED) is 0.749. The third-order valence-corrected chi connectivity index (χ3v) is 4.97. The molecule has 0 radical (unpaired) electrons. The van der Waals surface area contributed by atoms with E-state index in [1.807, 2.05) is 29.2 Å². The lowest BCUT2D eigenvalue weighted by Crippen LogP contribution is -2.49. The van der Waals surface area contributed by atoms with Crippen molar-refractivity contribution in [1.82, 2.24) is 4.90 Å². The van der Waals surface area contributed by atoms with Crippen molar-refractivity contribution < 1.29 is 14.3 Å². The van der Waals surface area contributed by atoms with Gasteiger partial charge in [-0.25, -0.2) is 0 Å². The topological polar surface area (TPSA) is 73.6 Å². The van der Waals surface area contributed by atoms with Gasteiger partial charge in [0.1, 0.15) is 5.75 Å². The summed E-state index contributed by atoms with van der Waals surface area (Å²) in [5.74, 6) is 0.783. The molecule has 0 aliphatic carbocycles. The van der Waals surface area contributed by atoms with Gasteiger partial charge in [0.15, 0.2) is 5.78 Å². The highest BCUT2D eigenvalue weighted by atomic mass is 16.5. The van der Waals surface area contributed by atoms with E-state index in [9.17, 15) is 9.59 Å². The van der Waals surface area contributed by atoms with E-state index in [4.69, 9.17) is 10.00 Å². The predicted molar refractivity (Wildman–Crippen MR) is 107 cm³/mol. The minimum atomic E-state index is -0.0315. The summed E-state index contributed by atoms with van der Waals surface area (Å²) in [4.78, 5) is 28.5. The Labute approximate surface area is 164 Å². The lowest BCUT2D eigenvalue weighted by molar-refractivity contribution is -0.130. The van der Waals surface area contributed by atoms with E-state index in [2.05, 4.69) is 11.0 Å². The van der Waals surface area contributed by atoms with Gasteiger partial charge in [-0.3, -0.25) is 9.59 Å². The van der Waals surface area contributed by atoms with Crippen LogP contribution in [0.2, 0.25) is 0 Å². The zero-order chi connectivity index (χ0) is 20.1. The van der Waals surface area contributed by atoms with Crippen LogP contribution in [0.4, 0.5) is 5.69 Å². The molecular formula is C22H23N3O3. The number of anilines is 1. The third kappa shape index (κ3) is 4.32. The van der Waals surface area contributed by atoms with E-state index in [0.29, 0.717) is 43.7 Å². The average molecular weight is 377 g/mol. The van der Waals surface area contributed by atoms with E-state index in [1.165, 1.54) is 6.92 Å². The van der Waals surface area contributed by atoms with Crippen LogP contribution < -0.4 is 9.64 Å². The van der Waals surface area contributed by atoms with Gasteiger partial charge in [0.05, 0.1) is 25.2 Å². The molecule has 28 heavy (non-hydrogen) atoms. The fourth-order valence-electron chi connectivity index (χ4n) is 3.43. The molecule has 2 aromatic rings. The smallest absolute Gasteiger partial charge is 0.227 e. The predicted octanol–water partition coefficient (Wildman–Crippen LogP) is 2.66. The molecule has 1 amide bonds. The summed E-state index contributed by atoms with van der Waals surface area (Å²) >= 11 is 0. The lowest BCUT2D eigenvalue weighted by atomic mass is 10.0. The Bertz CT molecular complexity index is 925. The Hall–Kier alpha value is -3.33. The third-order valence-electron chi connectivity index (χ3n) is 4.97. The first kappa shape index (κ1) is 19.4. The number of carbonyl (C=O) groups excluding carboxylic acids is 2. The molecule has 0 bridgehead atoms. The van der Waals surface area contributed by atoms with Gasteiger partial charge in [-0.15, -0.1) is 0 Å². The first-order valence-electron chi connectivity index (χ1n) is 9.22. The van der Waals surface area contributed by atoms with E-state index < -0.39 is 0 Å². The fourth-order valence-corrected chi connectivity index (χ4v) is 3.43.